The molecule has 1 aromatic heterocycles. The molecule has 4 aliphatic rings. The van der Waals surface area contributed by atoms with Crippen molar-refractivity contribution in [3.63, 3.8) is 0 Å². The largest absolute Gasteiger partial charge is 0.497 e. The molecule has 0 radical (unpaired) electrons. The van der Waals surface area contributed by atoms with Crippen LogP contribution in [-0.4, -0.2) is 111 Å². The van der Waals surface area contributed by atoms with Gasteiger partial charge in [-0.25, -0.2) is 13.2 Å². The molecule has 3 heterocycles. The molecule has 2 saturated carbocycles. The molecule has 3 N–H and O–H groups in total. The van der Waals surface area contributed by atoms with Gasteiger partial charge in [0, 0.05) is 23.8 Å². The average molecular weight is 837 g/mol. The van der Waals surface area contributed by atoms with Crippen molar-refractivity contribution in [3.05, 3.63) is 36.5 Å². The number of carboxylic acid groups (broad SMARTS) is 1. The summed E-state index contributed by atoms with van der Waals surface area (Å²) < 4.78 is 83.4. The molecule has 19 heteroatoms. The highest BCUT2D eigenvalue weighted by atomic mass is 32.2. The molecule has 6 rings (SSSR count). The predicted molar refractivity (Wildman–Crippen MR) is 204 cm³/mol. The first kappa shape index (κ1) is 42.9. The molecule has 1 aromatic carbocycles. The van der Waals surface area contributed by atoms with Gasteiger partial charge in [-0.05, 0) is 83.3 Å². The number of allylic oxidation sites excluding steroid dienone is 1. The SMILES string of the molecule is CC[C@@H]1C[C@H](C)CCC=C[C@@H]2C[C@@]2(C(=O)NS(=O)(=O)C2(C)CC2)NC(=O)[C@@H]2C[C@@H](Oc3cnnc4cc(OC)ccc34)CN2C(=O)[C@H]1N(C(=O)O)C(C)(C)C(F)(F)F. The Morgan fingerprint density at radius 3 is 2.50 bits per heavy atom. The molecule has 0 bridgehead atoms. The monoisotopic (exact) mass is 836 g/mol. The zero-order chi connectivity index (χ0) is 42.6. The fourth-order valence-corrected chi connectivity index (χ4v) is 9.50. The molecule has 2 aromatic rings. The Morgan fingerprint density at radius 1 is 1.17 bits per heavy atom. The number of fused-ring (bicyclic) bond motifs is 3. The maximum absolute atomic E-state index is 15.1. The number of halogens is 3. The number of nitrogens with one attached hydrogen (secondary N) is 2. The smallest absolute Gasteiger partial charge is 0.411 e. The van der Waals surface area contributed by atoms with Gasteiger partial charge in [0.05, 0.1) is 24.6 Å². The van der Waals surface area contributed by atoms with Crippen molar-refractivity contribution in [1.29, 1.82) is 0 Å². The standard InChI is InChI=1S/C39H51F3N6O9S/c1-7-23-16-22(2)10-8-9-11-24-19-38(24,34(51)46-58(54,55)37(5)14-15-37)44-32(49)29-18-26(57-30-20-43-45-28-17-25(56-6)12-13-27(28)30)21-47(29)33(50)31(23)48(35(52)53)36(3,4)39(40,41)42/h9,11-13,17,20,22-24,26,29,31H,7-8,10,14-16,18-19,21H2,1-6H3,(H,44,49)(H,46,51)(H,52,53)/t22-,23-,24-,26-,29+,31+,38-/m1/s1. The van der Waals surface area contributed by atoms with Gasteiger partial charge in [0.1, 0.15) is 46.3 Å². The van der Waals surface area contributed by atoms with E-state index in [2.05, 4.69) is 20.2 Å². The number of hydrogen-bond acceptors (Lipinski definition) is 10. The summed E-state index contributed by atoms with van der Waals surface area (Å²) in [6.45, 7) is 6.11. The number of sulfonamides is 1. The number of rotatable bonds is 9. The number of benzene rings is 1. The van der Waals surface area contributed by atoms with Crippen molar-refractivity contribution in [2.24, 2.45) is 17.8 Å². The van der Waals surface area contributed by atoms with Crippen LogP contribution < -0.4 is 19.5 Å². The Hall–Kier alpha value is -4.68. The summed E-state index contributed by atoms with van der Waals surface area (Å²) in [6.07, 6.45) is -1.31. The van der Waals surface area contributed by atoms with Crippen LogP contribution in [0.1, 0.15) is 86.0 Å². The molecule has 3 fully saturated rings. The van der Waals surface area contributed by atoms with Crippen LogP contribution in [0.3, 0.4) is 0 Å². The van der Waals surface area contributed by atoms with Crippen LogP contribution in [0.5, 0.6) is 11.5 Å². The minimum atomic E-state index is -5.10. The second kappa shape index (κ2) is 15.5. The van der Waals surface area contributed by atoms with Crippen molar-refractivity contribution in [2.75, 3.05) is 13.7 Å². The number of aromatic nitrogens is 2. The maximum atomic E-state index is 15.1. The van der Waals surface area contributed by atoms with Crippen molar-refractivity contribution in [3.8, 4) is 11.5 Å². The van der Waals surface area contributed by atoms with Crippen LogP contribution >= 0.6 is 0 Å². The highest BCUT2D eigenvalue weighted by Gasteiger charge is 2.64. The van der Waals surface area contributed by atoms with Crippen LogP contribution in [0.4, 0.5) is 18.0 Å². The van der Waals surface area contributed by atoms with Gasteiger partial charge in [0.15, 0.2) is 0 Å². The van der Waals surface area contributed by atoms with Crippen LogP contribution in [0, 0.1) is 17.8 Å². The summed E-state index contributed by atoms with van der Waals surface area (Å²) in [5.74, 6) is -3.83. The lowest BCUT2D eigenvalue weighted by molar-refractivity contribution is -0.222. The quantitative estimate of drug-likeness (QED) is 0.289. The minimum Gasteiger partial charge on any atom is -0.497 e. The highest BCUT2D eigenvalue weighted by molar-refractivity contribution is 7.91. The van der Waals surface area contributed by atoms with Gasteiger partial charge >= 0.3 is 12.3 Å². The van der Waals surface area contributed by atoms with E-state index in [9.17, 15) is 41.1 Å². The molecule has 2 aliphatic heterocycles. The topological polar surface area (TPSA) is 197 Å². The van der Waals surface area contributed by atoms with Gasteiger partial charge in [-0.2, -0.15) is 23.4 Å². The van der Waals surface area contributed by atoms with Gasteiger partial charge < -0.3 is 24.8 Å². The Bertz CT molecular complexity index is 2100. The highest BCUT2D eigenvalue weighted by Crippen LogP contribution is 2.48. The molecule has 4 amide bonds. The fourth-order valence-electron chi connectivity index (χ4n) is 8.19. The zero-order valence-corrected chi connectivity index (χ0v) is 34.2. The molecule has 7 atom stereocenters. The summed E-state index contributed by atoms with van der Waals surface area (Å²) in [7, 11) is -2.64. The van der Waals surface area contributed by atoms with Crippen molar-refractivity contribution in [1.82, 2.24) is 30.0 Å². The van der Waals surface area contributed by atoms with E-state index in [0.717, 1.165) is 4.90 Å². The summed E-state index contributed by atoms with van der Waals surface area (Å²) in [5, 5.41) is 21.9. The lowest BCUT2D eigenvalue weighted by Gasteiger charge is -2.46. The molecule has 15 nitrogen and oxygen atoms in total. The minimum absolute atomic E-state index is 0.0503. The molecule has 0 spiro atoms. The summed E-state index contributed by atoms with van der Waals surface area (Å²) >= 11 is 0. The van der Waals surface area contributed by atoms with Crippen molar-refractivity contribution >= 4 is 44.7 Å². The number of carbonyl (C=O) groups is 4. The van der Waals surface area contributed by atoms with Crippen molar-refractivity contribution in [2.45, 2.75) is 126 Å². The Morgan fingerprint density at radius 2 is 1.88 bits per heavy atom. The Balaban J connectivity index is 1.44. The fraction of sp³-hybridized carbons (Fsp3) is 0.641. The number of methoxy groups -OCH3 is 1. The third kappa shape index (κ3) is 8.02. The molecule has 318 valence electrons. The zero-order valence-electron chi connectivity index (χ0n) is 33.3. The summed E-state index contributed by atoms with van der Waals surface area (Å²) in [5.41, 5.74) is -4.35. The van der Waals surface area contributed by atoms with E-state index < -0.39 is 85.9 Å². The number of alkyl halides is 3. The molecule has 58 heavy (non-hydrogen) atoms. The third-order valence-corrected chi connectivity index (χ3v) is 14.6. The van der Waals surface area contributed by atoms with Gasteiger partial charge in [-0.3, -0.25) is 24.0 Å². The summed E-state index contributed by atoms with van der Waals surface area (Å²) in [4.78, 5) is 57.9. The van der Waals surface area contributed by atoms with E-state index >= 15 is 4.79 Å². The molecular weight excluding hydrogens is 786 g/mol. The second-order valence-corrected chi connectivity index (χ2v) is 19.1. The third-order valence-electron chi connectivity index (χ3n) is 12.5. The number of carbonyl (C=O) groups excluding carboxylic acids is 3. The number of nitrogens with zero attached hydrogens (tertiary/aromatic N) is 4. The van der Waals surface area contributed by atoms with E-state index in [0.29, 0.717) is 56.2 Å². The lowest BCUT2D eigenvalue weighted by Crippen LogP contribution is -2.66. The number of amides is 4. The molecule has 0 unspecified atom stereocenters. The van der Waals surface area contributed by atoms with Gasteiger partial charge in [-0.1, -0.05) is 32.4 Å². The van der Waals surface area contributed by atoms with E-state index in [1.165, 1.54) is 20.2 Å². The number of hydrogen-bond donors (Lipinski definition) is 3. The van der Waals surface area contributed by atoms with Crippen molar-refractivity contribution < 1.29 is 55.3 Å². The van der Waals surface area contributed by atoms with E-state index in [-0.39, 0.29) is 48.8 Å². The van der Waals surface area contributed by atoms with E-state index in [1.807, 2.05) is 13.0 Å². The first-order chi connectivity index (χ1) is 27.1. The van der Waals surface area contributed by atoms with Crippen LogP contribution in [0.25, 0.3) is 10.9 Å². The lowest BCUT2D eigenvalue weighted by atomic mass is 9.82. The van der Waals surface area contributed by atoms with E-state index in [1.54, 1.807) is 31.2 Å². The van der Waals surface area contributed by atoms with Crippen LogP contribution in [-0.2, 0) is 24.4 Å². The summed E-state index contributed by atoms with van der Waals surface area (Å²) in [6, 6.07) is 1.61. The van der Waals surface area contributed by atoms with Crippen LogP contribution in [0.2, 0.25) is 0 Å². The van der Waals surface area contributed by atoms with Gasteiger partial charge in [-0.15, -0.1) is 0 Å². The van der Waals surface area contributed by atoms with E-state index in [4.69, 9.17) is 9.47 Å². The maximum Gasteiger partial charge on any atom is 0.411 e. The molecule has 2 aliphatic carbocycles. The van der Waals surface area contributed by atoms with Gasteiger partial charge in [0.25, 0.3) is 5.91 Å². The first-order valence-electron chi connectivity index (χ1n) is 19.5. The predicted octanol–water partition coefficient (Wildman–Crippen LogP) is 4.95. The molecule has 1 saturated heterocycles. The normalized spacial score (nSPS) is 28.9. The Kier molecular flexibility index (Phi) is 11.5. The first-order valence-corrected chi connectivity index (χ1v) is 21.0. The Labute approximate surface area is 335 Å². The van der Waals surface area contributed by atoms with Gasteiger partial charge in [0.2, 0.25) is 21.8 Å². The average Bonchev–Trinajstić information content (AvgIpc) is 4.03. The molecular formula is C39H51F3N6O9S. The van der Waals surface area contributed by atoms with Crippen LogP contribution in [0.15, 0.2) is 36.5 Å². The number of ether oxygens (including phenoxy) is 2. The second-order valence-electron chi connectivity index (χ2n) is 16.9.